The minimum atomic E-state index is -1.39. The van der Waals surface area contributed by atoms with Gasteiger partial charge in [0.2, 0.25) is 0 Å². The molecule has 1 saturated heterocycles. The first-order valence-corrected chi connectivity index (χ1v) is 6.66. The predicted molar refractivity (Wildman–Crippen MR) is 78.4 cm³/mol. The summed E-state index contributed by atoms with van der Waals surface area (Å²) in [6.45, 7) is 1.71. The van der Waals surface area contributed by atoms with Crippen molar-refractivity contribution in [3.8, 4) is 11.5 Å². The summed E-state index contributed by atoms with van der Waals surface area (Å²) >= 11 is 0. The number of aromatic hydroxyl groups is 2. The van der Waals surface area contributed by atoms with Gasteiger partial charge in [-0.2, -0.15) is 0 Å². The van der Waals surface area contributed by atoms with Crippen LogP contribution in [0.15, 0.2) is 42.5 Å². The first kappa shape index (κ1) is 13.9. The summed E-state index contributed by atoms with van der Waals surface area (Å²) in [5.74, 6) is -0.340. The molecule has 0 bridgehead atoms. The molecule has 1 aliphatic rings. The van der Waals surface area contributed by atoms with Gasteiger partial charge in [0, 0.05) is 0 Å². The topological polar surface area (TPSA) is 98.7 Å². The van der Waals surface area contributed by atoms with Crippen LogP contribution in [0.5, 0.6) is 11.5 Å². The third kappa shape index (κ3) is 1.96. The van der Waals surface area contributed by atoms with Crippen molar-refractivity contribution in [2.24, 2.45) is 0 Å². The number of phenolic OH excluding ortho intramolecular Hbond substituents is 2. The van der Waals surface area contributed by atoms with Gasteiger partial charge in [0.25, 0.3) is 5.91 Å². The lowest BCUT2D eigenvalue weighted by Gasteiger charge is -2.27. The van der Waals surface area contributed by atoms with Crippen molar-refractivity contribution in [3.05, 3.63) is 59.2 Å². The maximum atomic E-state index is 12.5. The van der Waals surface area contributed by atoms with E-state index in [1.807, 2.05) is 0 Å². The maximum absolute atomic E-state index is 12.5. The van der Waals surface area contributed by atoms with Crippen LogP contribution in [0.4, 0.5) is 4.79 Å². The molecule has 3 rings (SSSR count). The third-order valence-corrected chi connectivity index (χ3v) is 3.80. The summed E-state index contributed by atoms with van der Waals surface area (Å²) < 4.78 is 0. The Kier molecular flexibility index (Phi) is 3.02. The molecule has 1 heterocycles. The summed E-state index contributed by atoms with van der Waals surface area (Å²) in [5, 5.41) is 24.0. The number of phenols is 2. The van der Waals surface area contributed by atoms with Gasteiger partial charge < -0.3 is 15.5 Å². The molecule has 0 saturated carbocycles. The fraction of sp³-hybridized carbons (Fsp3) is 0.125. The molecule has 1 fully saturated rings. The largest absolute Gasteiger partial charge is 0.508 e. The van der Waals surface area contributed by atoms with E-state index in [0.29, 0.717) is 16.7 Å². The van der Waals surface area contributed by atoms with Gasteiger partial charge in [-0.3, -0.25) is 10.1 Å². The lowest BCUT2D eigenvalue weighted by molar-refractivity contribution is -0.122. The van der Waals surface area contributed by atoms with E-state index in [-0.39, 0.29) is 11.5 Å². The smallest absolute Gasteiger partial charge is 0.322 e. The maximum Gasteiger partial charge on any atom is 0.322 e. The van der Waals surface area contributed by atoms with Crippen molar-refractivity contribution in [2.75, 3.05) is 0 Å². The van der Waals surface area contributed by atoms with Gasteiger partial charge >= 0.3 is 6.03 Å². The van der Waals surface area contributed by atoms with Crippen molar-refractivity contribution < 1.29 is 19.8 Å². The van der Waals surface area contributed by atoms with Crippen molar-refractivity contribution in [1.82, 2.24) is 10.6 Å². The van der Waals surface area contributed by atoms with E-state index >= 15 is 0 Å². The molecule has 0 radical (unpaired) electrons. The lowest BCUT2D eigenvalue weighted by Crippen LogP contribution is -2.44. The Morgan fingerprint density at radius 1 is 0.955 bits per heavy atom. The molecule has 6 heteroatoms. The number of rotatable bonds is 2. The Morgan fingerprint density at radius 3 is 2.14 bits per heavy atom. The number of hydrogen-bond donors (Lipinski definition) is 4. The molecule has 112 valence electrons. The number of amides is 3. The summed E-state index contributed by atoms with van der Waals surface area (Å²) in [6.07, 6.45) is 0. The van der Waals surface area contributed by atoms with E-state index in [1.165, 1.54) is 18.2 Å². The second kappa shape index (κ2) is 4.77. The van der Waals surface area contributed by atoms with Crippen LogP contribution < -0.4 is 10.6 Å². The summed E-state index contributed by atoms with van der Waals surface area (Å²) in [6, 6.07) is 10.2. The molecule has 6 nitrogen and oxygen atoms in total. The highest BCUT2D eigenvalue weighted by atomic mass is 16.3. The van der Waals surface area contributed by atoms with E-state index in [2.05, 4.69) is 10.6 Å². The van der Waals surface area contributed by atoms with E-state index in [9.17, 15) is 19.8 Å². The Hall–Kier alpha value is -3.02. The lowest BCUT2D eigenvalue weighted by atomic mass is 9.82. The number of carbonyl (C=O) groups is 2. The highest BCUT2D eigenvalue weighted by molar-refractivity contribution is 6.09. The Morgan fingerprint density at radius 2 is 1.59 bits per heavy atom. The highest BCUT2D eigenvalue weighted by Gasteiger charge is 2.49. The van der Waals surface area contributed by atoms with Gasteiger partial charge in [-0.25, -0.2) is 4.79 Å². The van der Waals surface area contributed by atoms with E-state index < -0.39 is 17.5 Å². The Labute approximate surface area is 126 Å². The summed E-state index contributed by atoms with van der Waals surface area (Å²) in [5.41, 5.74) is 0.239. The van der Waals surface area contributed by atoms with Crippen molar-refractivity contribution in [2.45, 2.75) is 12.5 Å². The van der Waals surface area contributed by atoms with Crippen LogP contribution in [0.25, 0.3) is 0 Å². The molecular weight excluding hydrogens is 284 g/mol. The first-order valence-electron chi connectivity index (χ1n) is 6.66. The number of nitrogens with one attached hydrogen (secondary N) is 2. The quantitative estimate of drug-likeness (QED) is 0.631. The molecule has 4 N–H and O–H groups in total. The molecule has 22 heavy (non-hydrogen) atoms. The zero-order chi connectivity index (χ0) is 15.9. The molecule has 0 aromatic heterocycles. The second-order valence-corrected chi connectivity index (χ2v) is 5.21. The van der Waals surface area contributed by atoms with Crippen LogP contribution >= 0.6 is 0 Å². The zero-order valence-electron chi connectivity index (χ0n) is 11.8. The summed E-state index contributed by atoms with van der Waals surface area (Å²) in [4.78, 5) is 24.2. The fourth-order valence-corrected chi connectivity index (χ4v) is 2.63. The van der Waals surface area contributed by atoms with Crippen LogP contribution in [0, 0.1) is 6.92 Å². The zero-order valence-corrected chi connectivity index (χ0v) is 11.8. The Bertz CT molecular complexity index is 770. The van der Waals surface area contributed by atoms with Crippen LogP contribution in [0.2, 0.25) is 0 Å². The van der Waals surface area contributed by atoms with Crippen LogP contribution in [0.1, 0.15) is 16.7 Å². The van der Waals surface area contributed by atoms with E-state index in [4.69, 9.17) is 0 Å². The standard InChI is InChI=1S/C16H14N2O4/c1-9-8-11(4-7-13(9)20)16(14(21)17-15(22)18-16)10-2-5-12(19)6-3-10/h2-8,19-20H,1H3,(H2,17,18,21,22). The molecule has 1 aliphatic heterocycles. The van der Waals surface area contributed by atoms with E-state index in [0.717, 1.165) is 0 Å². The molecule has 1 unspecified atom stereocenters. The van der Waals surface area contributed by atoms with Crippen molar-refractivity contribution in [1.29, 1.82) is 0 Å². The van der Waals surface area contributed by atoms with Crippen molar-refractivity contribution >= 4 is 11.9 Å². The molecule has 1 atom stereocenters. The molecule has 3 amide bonds. The van der Waals surface area contributed by atoms with Crippen LogP contribution in [-0.2, 0) is 10.3 Å². The van der Waals surface area contributed by atoms with Gasteiger partial charge in [0.05, 0.1) is 0 Å². The molecule has 2 aromatic rings. The Balaban J connectivity index is 2.23. The van der Waals surface area contributed by atoms with Gasteiger partial charge in [-0.05, 0) is 47.9 Å². The molecule has 0 spiro atoms. The molecular formula is C16H14N2O4. The average molecular weight is 298 g/mol. The highest BCUT2D eigenvalue weighted by Crippen LogP contribution is 2.35. The number of benzene rings is 2. The number of hydrogen-bond acceptors (Lipinski definition) is 4. The second-order valence-electron chi connectivity index (χ2n) is 5.21. The normalized spacial score (nSPS) is 20.6. The van der Waals surface area contributed by atoms with Gasteiger partial charge in [0.1, 0.15) is 11.5 Å². The van der Waals surface area contributed by atoms with Crippen LogP contribution in [-0.4, -0.2) is 22.2 Å². The minimum absolute atomic E-state index is 0.0607. The number of carbonyl (C=O) groups excluding carboxylic acids is 2. The third-order valence-electron chi connectivity index (χ3n) is 3.80. The first-order chi connectivity index (χ1) is 10.4. The predicted octanol–water partition coefficient (Wildman–Crippen LogP) is 1.49. The average Bonchev–Trinajstić information content (AvgIpc) is 2.78. The van der Waals surface area contributed by atoms with E-state index in [1.54, 1.807) is 31.2 Å². The number of urea groups is 1. The van der Waals surface area contributed by atoms with Gasteiger partial charge in [-0.1, -0.05) is 18.2 Å². The number of imide groups is 1. The summed E-state index contributed by atoms with van der Waals surface area (Å²) in [7, 11) is 0. The number of aryl methyl sites for hydroxylation is 1. The molecule has 2 aromatic carbocycles. The fourth-order valence-electron chi connectivity index (χ4n) is 2.63. The van der Waals surface area contributed by atoms with Crippen molar-refractivity contribution in [3.63, 3.8) is 0 Å². The molecule has 0 aliphatic carbocycles. The van der Waals surface area contributed by atoms with Crippen LogP contribution in [0.3, 0.4) is 0 Å². The minimum Gasteiger partial charge on any atom is -0.508 e. The van der Waals surface area contributed by atoms with Gasteiger partial charge in [-0.15, -0.1) is 0 Å². The SMILES string of the molecule is Cc1cc(C2(c3ccc(O)cc3)NC(=O)NC2=O)ccc1O. The van der Waals surface area contributed by atoms with Gasteiger partial charge in [0.15, 0.2) is 5.54 Å². The monoisotopic (exact) mass is 298 g/mol.